The highest BCUT2D eigenvalue weighted by Crippen LogP contribution is 2.22. The molecule has 1 unspecified atom stereocenters. The third kappa shape index (κ3) is 5.11. The van der Waals surface area contributed by atoms with Crippen LogP contribution in [0.25, 0.3) is 0 Å². The third-order valence-corrected chi connectivity index (χ3v) is 5.49. The molecule has 1 aliphatic rings. The van der Waals surface area contributed by atoms with Crippen LogP contribution >= 0.6 is 0 Å². The number of carbonyl (C=O) groups is 2. The maximum absolute atomic E-state index is 12.9. The minimum absolute atomic E-state index is 0.00945. The van der Waals surface area contributed by atoms with Gasteiger partial charge in [-0.1, -0.05) is 12.1 Å². The lowest BCUT2D eigenvalue weighted by Gasteiger charge is -2.15. The molecular weight excluding hydrogens is 415 g/mol. The summed E-state index contributed by atoms with van der Waals surface area (Å²) in [6, 6.07) is 11.6. The molecule has 1 atom stereocenters. The van der Waals surface area contributed by atoms with Gasteiger partial charge in [0, 0.05) is 12.0 Å². The van der Waals surface area contributed by atoms with E-state index in [0.717, 1.165) is 0 Å². The van der Waals surface area contributed by atoms with Crippen molar-refractivity contribution in [2.24, 2.45) is 4.99 Å². The molecule has 11 heteroatoms. The fourth-order valence-corrected chi connectivity index (χ4v) is 3.84. The monoisotopic (exact) mass is 434 g/mol. The average molecular weight is 434 g/mol. The van der Waals surface area contributed by atoms with Crippen molar-refractivity contribution in [3.63, 3.8) is 0 Å². The summed E-state index contributed by atoms with van der Waals surface area (Å²) in [6.07, 6.45) is -1.01. The number of hydrazine groups is 1. The number of halogens is 1. The van der Waals surface area contributed by atoms with Crippen molar-refractivity contribution in [1.82, 2.24) is 15.6 Å². The van der Waals surface area contributed by atoms with Crippen molar-refractivity contribution in [3.8, 4) is 5.75 Å². The van der Waals surface area contributed by atoms with E-state index in [0.29, 0.717) is 11.3 Å². The second-order valence-electron chi connectivity index (χ2n) is 6.33. The van der Waals surface area contributed by atoms with Gasteiger partial charge < -0.3 is 4.74 Å². The molecular formula is C19H19FN4O5S. The highest BCUT2D eigenvalue weighted by molar-refractivity contribution is 7.90. The van der Waals surface area contributed by atoms with Crippen molar-refractivity contribution in [2.75, 3.05) is 6.54 Å². The van der Waals surface area contributed by atoms with Crippen LogP contribution in [0.15, 0.2) is 58.4 Å². The summed E-state index contributed by atoms with van der Waals surface area (Å²) in [4.78, 5) is 28.1. The first kappa shape index (κ1) is 21.2. The standard InChI is InChI=1S/C19H19FN4O5S/c1-12(29-14-8-6-13(20)7-9-14)19(26)23-22-17(25)10-11-21-18-15-4-2-3-5-16(15)30(27,28)24-18/h2-9,12H,10-11H2,1H3,(H,21,24)(H,22,25)(H,23,26). The van der Waals surface area contributed by atoms with Gasteiger partial charge >= 0.3 is 0 Å². The molecule has 1 heterocycles. The minimum atomic E-state index is -3.64. The lowest BCUT2D eigenvalue weighted by atomic mass is 10.2. The molecule has 3 rings (SSSR count). The van der Waals surface area contributed by atoms with Gasteiger partial charge in [0.05, 0.1) is 11.4 Å². The lowest BCUT2D eigenvalue weighted by Crippen LogP contribution is -2.47. The number of amidine groups is 1. The minimum Gasteiger partial charge on any atom is -0.481 e. The molecule has 2 aromatic carbocycles. The van der Waals surface area contributed by atoms with Crippen LogP contribution in [-0.4, -0.2) is 38.7 Å². The molecule has 0 saturated carbocycles. The Kier molecular flexibility index (Phi) is 6.31. The number of hydrogen-bond donors (Lipinski definition) is 3. The second kappa shape index (κ2) is 8.91. The molecule has 30 heavy (non-hydrogen) atoms. The number of sulfonamides is 1. The van der Waals surface area contributed by atoms with E-state index < -0.39 is 33.8 Å². The normalized spacial score (nSPS) is 16.3. The number of amides is 2. The highest BCUT2D eigenvalue weighted by Gasteiger charge is 2.29. The van der Waals surface area contributed by atoms with Gasteiger partial charge in [-0.3, -0.25) is 30.2 Å². The van der Waals surface area contributed by atoms with Crippen LogP contribution in [0, 0.1) is 5.82 Å². The summed E-state index contributed by atoms with van der Waals surface area (Å²) >= 11 is 0. The smallest absolute Gasteiger partial charge is 0.279 e. The number of nitrogens with zero attached hydrogens (tertiary/aromatic N) is 1. The van der Waals surface area contributed by atoms with E-state index in [9.17, 15) is 22.4 Å². The molecule has 0 aliphatic carbocycles. The number of nitrogens with one attached hydrogen (secondary N) is 3. The van der Waals surface area contributed by atoms with E-state index in [1.54, 1.807) is 18.2 Å². The fraction of sp³-hybridized carbons (Fsp3) is 0.211. The predicted octanol–water partition coefficient (Wildman–Crippen LogP) is 0.869. The van der Waals surface area contributed by atoms with Crippen molar-refractivity contribution in [3.05, 3.63) is 59.9 Å². The molecule has 2 aromatic rings. The fourth-order valence-electron chi connectivity index (χ4n) is 2.59. The van der Waals surface area contributed by atoms with E-state index in [1.165, 1.54) is 37.3 Å². The quantitative estimate of drug-likeness (QED) is 0.582. The molecule has 0 spiro atoms. The summed E-state index contributed by atoms with van der Waals surface area (Å²) in [5.41, 5.74) is 4.90. The number of aliphatic imine (C=N–C) groups is 1. The van der Waals surface area contributed by atoms with Gasteiger partial charge in [-0.15, -0.1) is 0 Å². The van der Waals surface area contributed by atoms with Gasteiger partial charge in [0.15, 0.2) is 6.10 Å². The molecule has 0 aromatic heterocycles. The predicted molar refractivity (Wildman–Crippen MR) is 106 cm³/mol. The third-order valence-electron chi connectivity index (χ3n) is 4.09. The van der Waals surface area contributed by atoms with Crippen LogP contribution in [0.2, 0.25) is 0 Å². The Bertz CT molecular complexity index is 1090. The Morgan fingerprint density at radius 3 is 2.57 bits per heavy atom. The SMILES string of the molecule is CC(Oc1ccc(F)cc1)C(=O)NNC(=O)CCN=C1NS(=O)(=O)c2ccccc21. The topological polar surface area (TPSA) is 126 Å². The molecule has 0 fully saturated rings. The van der Waals surface area contributed by atoms with Gasteiger partial charge in [0.1, 0.15) is 17.4 Å². The summed E-state index contributed by atoms with van der Waals surface area (Å²) in [5.74, 6) is -1.07. The summed E-state index contributed by atoms with van der Waals surface area (Å²) < 4.78 is 44.6. The maximum Gasteiger partial charge on any atom is 0.279 e. The Hall–Kier alpha value is -3.47. The summed E-state index contributed by atoms with van der Waals surface area (Å²) in [6.45, 7) is 1.48. The van der Waals surface area contributed by atoms with Crippen LogP contribution in [0.5, 0.6) is 5.75 Å². The largest absolute Gasteiger partial charge is 0.481 e. The van der Waals surface area contributed by atoms with Gasteiger partial charge in [0.2, 0.25) is 5.91 Å². The number of carbonyl (C=O) groups excluding carboxylic acids is 2. The number of rotatable bonds is 6. The van der Waals surface area contributed by atoms with Crippen LogP contribution in [-0.2, 0) is 19.6 Å². The van der Waals surface area contributed by atoms with Gasteiger partial charge in [0.25, 0.3) is 15.9 Å². The summed E-state index contributed by atoms with van der Waals surface area (Å²) in [5, 5.41) is 0. The molecule has 2 amide bonds. The molecule has 0 bridgehead atoms. The Labute approximate surface area is 172 Å². The van der Waals surface area contributed by atoms with Gasteiger partial charge in [-0.25, -0.2) is 12.8 Å². The zero-order chi connectivity index (χ0) is 21.7. The maximum atomic E-state index is 12.9. The molecule has 0 saturated heterocycles. The first-order valence-corrected chi connectivity index (χ1v) is 10.4. The Morgan fingerprint density at radius 2 is 1.83 bits per heavy atom. The van der Waals surface area contributed by atoms with Gasteiger partial charge in [-0.05, 0) is 43.3 Å². The molecule has 0 radical (unpaired) electrons. The van der Waals surface area contributed by atoms with E-state index in [4.69, 9.17) is 4.74 Å². The van der Waals surface area contributed by atoms with Crippen molar-refractivity contribution < 1.29 is 27.1 Å². The van der Waals surface area contributed by atoms with Crippen LogP contribution in [0.1, 0.15) is 18.9 Å². The highest BCUT2D eigenvalue weighted by atomic mass is 32.2. The van der Waals surface area contributed by atoms with Crippen molar-refractivity contribution >= 4 is 27.7 Å². The Balaban J connectivity index is 1.45. The zero-order valence-corrected chi connectivity index (χ0v) is 16.7. The van der Waals surface area contributed by atoms with Crippen molar-refractivity contribution in [1.29, 1.82) is 0 Å². The molecule has 1 aliphatic heterocycles. The van der Waals surface area contributed by atoms with Crippen molar-refractivity contribution in [2.45, 2.75) is 24.3 Å². The second-order valence-corrected chi connectivity index (χ2v) is 7.98. The average Bonchev–Trinajstić information content (AvgIpc) is 2.98. The van der Waals surface area contributed by atoms with Gasteiger partial charge in [-0.2, -0.15) is 0 Å². The van der Waals surface area contributed by atoms with E-state index in [1.807, 2.05) is 0 Å². The van der Waals surface area contributed by atoms with E-state index in [2.05, 4.69) is 20.6 Å². The number of fused-ring (bicyclic) bond motifs is 1. The summed E-state index contributed by atoms with van der Waals surface area (Å²) in [7, 11) is -3.64. The number of ether oxygens (including phenoxy) is 1. The van der Waals surface area contributed by atoms with E-state index >= 15 is 0 Å². The lowest BCUT2D eigenvalue weighted by molar-refractivity contribution is -0.132. The molecule has 3 N–H and O–H groups in total. The molecule has 9 nitrogen and oxygen atoms in total. The van der Waals surface area contributed by atoms with Crippen LogP contribution < -0.4 is 20.3 Å². The zero-order valence-electron chi connectivity index (χ0n) is 15.9. The first-order valence-electron chi connectivity index (χ1n) is 8.94. The number of benzene rings is 2. The Morgan fingerprint density at radius 1 is 1.13 bits per heavy atom. The van der Waals surface area contributed by atoms with E-state index in [-0.39, 0.29) is 23.7 Å². The van der Waals surface area contributed by atoms with Crippen LogP contribution in [0.4, 0.5) is 4.39 Å². The molecule has 158 valence electrons. The number of hydrogen-bond acceptors (Lipinski definition) is 6. The first-order chi connectivity index (χ1) is 14.3. The van der Waals surface area contributed by atoms with Crippen LogP contribution in [0.3, 0.4) is 0 Å².